The third-order valence-corrected chi connectivity index (χ3v) is 4.98. The molecule has 6 heteroatoms. The summed E-state index contributed by atoms with van der Waals surface area (Å²) >= 11 is 12.0. The lowest BCUT2D eigenvalue weighted by Crippen LogP contribution is -2.40. The summed E-state index contributed by atoms with van der Waals surface area (Å²) in [4.78, 5) is 17.2. The van der Waals surface area contributed by atoms with Gasteiger partial charge in [0.25, 0.3) is 0 Å². The molecule has 0 spiro atoms. The highest BCUT2D eigenvalue weighted by molar-refractivity contribution is 6.30. The Kier molecular flexibility index (Phi) is 6.08. The first-order valence-electron chi connectivity index (χ1n) is 7.56. The van der Waals surface area contributed by atoms with Crippen LogP contribution in [0, 0.1) is 5.41 Å². The minimum absolute atomic E-state index is 0.0505. The molecule has 1 aromatic heterocycles. The quantitative estimate of drug-likeness (QED) is 0.643. The van der Waals surface area contributed by atoms with Crippen LogP contribution in [0.4, 0.5) is 0 Å². The summed E-state index contributed by atoms with van der Waals surface area (Å²) < 4.78 is 7.60. The summed E-state index contributed by atoms with van der Waals surface area (Å²) in [5.41, 5.74) is -0.622. The molecule has 0 saturated heterocycles. The molecule has 124 valence electrons. The van der Waals surface area contributed by atoms with E-state index < -0.39 is 11.6 Å². The topological polar surface area (TPSA) is 44.1 Å². The lowest BCUT2D eigenvalue weighted by Gasteiger charge is -2.32. The molecule has 0 saturated carbocycles. The number of benzene rings is 1. The van der Waals surface area contributed by atoms with Crippen molar-refractivity contribution < 1.29 is 9.53 Å². The van der Waals surface area contributed by atoms with Gasteiger partial charge in [0.2, 0.25) is 12.0 Å². The van der Waals surface area contributed by atoms with Gasteiger partial charge in [-0.15, -0.1) is 11.6 Å². The molecule has 1 unspecified atom stereocenters. The van der Waals surface area contributed by atoms with Crippen molar-refractivity contribution in [1.82, 2.24) is 9.55 Å². The minimum atomic E-state index is -0.808. The first kappa shape index (κ1) is 17.8. The van der Waals surface area contributed by atoms with Crippen molar-refractivity contribution in [2.45, 2.75) is 32.9 Å². The Morgan fingerprint density at radius 3 is 2.43 bits per heavy atom. The van der Waals surface area contributed by atoms with Crippen molar-refractivity contribution >= 4 is 29.0 Å². The van der Waals surface area contributed by atoms with Gasteiger partial charge in [0.05, 0.1) is 6.33 Å². The number of carbonyl (C=O) groups is 1. The van der Waals surface area contributed by atoms with Gasteiger partial charge in [-0.3, -0.25) is 9.36 Å². The lowest BCUT2D eigenvalue weighted by atomic mass is 9.79. The summed E-state index contributed by atoms with van der Waals surface area (Å²) in [6.07, 6.45) is 5.40. The second-order valence-corrected chi connectivity index (χ2v) is 6.12. The van der Waals surface area contributed by atoms with E-state index in [0.717, 1.165) is 0 Å². The van der Waals surface area contributed by atoms with E-state index in [1.54, 1.807) is 47.6 Å². The van der Waals surface area contributed by atoms with Crippen LogP contribution in [0.25, 0.3) is 0 Å². The third kappa shape index (κ3) is 3.88. The maximum Gasteiger partial charge on any atom is 0.236 e. The number of imidazole rings is 1. The van der Waals surface area contributed by atoms with Crippen LogP contribution >= 0.6 is 23.2 Å². The van der Waals surface area contributed by atoms with Crippen LogP contribution in [0.15, 0.2) is 43.0 Å². The lowest BCUT2D eigenvalue weighted by molar-refractivity contribution is -0.139. The van der Waals surface area contributed by atoms with E-state index in [9.17, 15) is 4.79 Å². The van der Waals surface area contributed by atoms with Crippen LogP contribution in [0.5, 0.6) is 5.75 Å². The standard InChI is InChI=1S/C17H20Cl2N2O2/c1-3-17(4-2,11-18)15(22)16(21-10-9-20-12-21)23-14-7-5-13(19)6-8-14/h5-10,12,16H,3-4,11H2,1-2H3. The van der Waals surface area contributed by atoms with Crippen LogP contribution in [0.2, 0.25) is 5.02 Å². The highest BCUT2D eigenvalue weighted by Crippen LogP contribution is 2.35. The number of nitrogens with zero attached hydrogens (tertiary/aromatic N) is 2. The summed E-state index contributed by atoms with van der Waals surface area (Å²) in [5.74, 6) is 0.774. The van der Waals surface area contributed by atoms with Crippen LogP contribution in [0.1, 0.15) is 32.9 Å². The zero-order valence-electron chi connectivity index (χ0n) is 13.2. The van der Waals surface area contributed by atoms with Gasteiger partial charge in [-0.1, -0.05) is 25.4 Å². The second-order valence-electron chi connectivity index (χ2n) is 5.42. The van der Waals surface area contributed by atoms with Crippen LogP contribution < -0.4 is 4.74 Å². The van der Waals surface area contributed by atoms with Crippen molar-refractivity contribution in [3.8, 4) is 5.75 Å². The van der Waals surface area contributed by atoms with Gasteiger partial charge in [0.15, 0.2) is 0 Å². The summed E-state index contributed by atoms with van der Waals surface area (Å²) in [6.45, 7) is 3.94. The van der Waals surface area contributed by atoms with Crippen molar-refractivity contribution in [2.24, 2.45) is 5.41 Å². The zero-order valence-corrected chi connectivity index (χ0v) is 14.7. The normalized spacial score (nSPS) is 12.9. The Hall–Kier alpha value is -1.52. The fourth-order valence-electron chi connectivity index (χ4n) is 2.42. The molecule has 2 aromatic rings. The number of Topliss-reactive ketones (excluding diaryl/α,β-unsaturated/α-hetero) is 1. The molecule has 0 aliphatic heterocycles. The average Bonchev–Trinajstić information content (AvgIpc) is 3.10. The fourth-order valence-corrected chi connectivity index (χ4v) is 3.05. The minimum Gasteiger partial charge on any atom is -0.463 e. The number of alkyl halides is 1. The first-order chi connectivity index (χ1) is 11.1. The van der Waals surface area contributed by atoms with E-state index in [-0.39, 0.29) is 11.7 Å². The Morgan fingerprint density at radius 1 is 1.30 bits per heavy atom. The van der Waals surface area contributed by atoms with Crippen molar-refractivity contribution in [2.75, 3.05) is 5.88 Å². The molecule has 23 heavy (non-hydrogen) atoms. The molecule has 0 amide bonds. The second kappa shape index (κ2) is 7.84. The van der Waals surface area contributed by atoms with Gasteiger partial charge in [0.1, 0.15) is 5.75 Å². The molecule has 2 rings (SSSR count). The van der Waals surface area contributed by atoms with E-state index in [1.165, 1.54) is 0 Å². The van der Waals surface area contributed by atoms with E-state index >= 15 is 0 Å². The van der Waals surface area contributed by atoms with Crippen molar-refractivity contribution in [3.05, 3.63) is 48.0 Å². The molecular formula is C17H20Cl2N2O2. The van der Waals surface area contributed by atoms with Gasteiger partial charge in [-0.2, -0.15) is 0 Å². The van der Waals surface area contributed by atoms with Crippen molar-refractivity contribution in [1.29, 1.82) is 0 Å². The Balaban J connectivity index is 2.35. The summed E-state index contributed by atoms with van der Waals surface area (Å²) in [7, 11) is 0. The first-order valence-corrected chi connectivity index (χ1v) is 8.47. The highest BCUT2D eigenvalue weighted by Gasteiger charge is 2.40. The largest absolute Gasteiger partial charge is 0.463 e. The van der Waals surface area contributed by atoms with Crippen LogP contribution in [-0.4, -0.2) is 21.2 Å². The summed E-state index contributed by atoms with van der Waals surface area (Å²) in [6, 6.07) is 6.92. The number of aromatic nitrogens is 2. The number of hydrogen-bond donors (Lipinski definition) is 0. The van der Waals surface area contributed by atoms with E-state index in [1.807, 2.05) is 13.8 Å². The fraction of sp³-hybridized carbons (Fsp3) is 0.412. The number of hydrogen-bond acceptors (Lipinski definition) is 3. The maximum atomic E-state index is 13.1. The van der Waals surface area contributed by atoms with E-state index in [0.29, 0.717) is 23.6 Å². The smallest absolute Gasteiger partial charge is 0.236 e. The molecule has 0 bridgehead atoms. The van der Waals surface area contributed by atoms with Crippen molar-refractivity contribution in [3.63, 3.8) is 0 Å². The van der Waals surface area contributed by atoms with Crippen LogP contribution in [0.3, 0.4) is 0 Å². The van der Waals surface area contributed by atoms with E-state index in [4.69, 9.17) is 27.9 Å². The molecular weight excluding hydrogens is 335 g/mol. The number of ketones is 1. The Bertz CT molecular complexity index is 614. The van der Waals surface area contributed by atoms with Gasteiger partial charge in [-0.05, 0) is 37.1 Å². The molecule has 0 fully saturated rings. The molecule has 1 heterocycles. The van der Waals surface area contributed by atoms with Gasteiger partial charge in [-0.25, -0.2) is 4.98 Å². The number of carbonyl (C=O) groups excluding carboxylic acids is 1. The molecule has 1 atom stereocenters. The van der Waals surface area contributed by atoms with Gasteiger partial charge in [0, 0.05) is 28.7 Å². The molecule has 0 aliphatic carbocycles. The van der Waals surface area contributed by atoms with Crippen LogP contribution in [-0.2, 0) is 4.79 Å². The highest BCUT2D eigenvalue weighted by atomic mass is 35.5. The number of ether oxygens (including phenoxy) is 1. The predicted molar refractivity (Wildman–Crippen MR) is 92.1 cm³/mol. The molecule has 0 aliphatic rings. The third-order valence-electron chi connectivity index (χ3n) is 4.21. The van der Waals surface area contributed by atoms with Gasteiger partial charge < -0.3 is 4.74 Å². The van der Waals surface area contributed by atoms with E-state index in [2.05, 4.69) is 4.98 Å². The molecule has 0 N–H and O–H groups in total. The zero-order chi connectivity index (χ0) is 16.9. The Morgan fingerprint density at radius 2 is 1.96 bits per heavy atom. The maximum absolute atomic E-state index is 13.1. The monoisotopic (exact) mass is 354 g/mol. The molecule has 0 radical (unpaired) electrons. The number of halogens is 2. The molecule has 1 aromatic carbocycles. The molecule has 4 nitrogen and oxygen atoms in total. The van der Waals surface area contributed by atoms with Gasteiger partial charge >= 0.3 is 0 Å². The SMILES string of the molecule is CCC(CC)(CCl)C(=O)C(Oc1ccc(Cl)cc1)n1ccnc1. The summed E-state index contributed by atoms with van der Waals surface area (Å²) in [5, 5.41) is 0.611. The average molecular weight is 355 g/mol. The number of rotatable bonds is 8. The predicted octanol–water partition coefficient (Wildman–Crippen LogP) is 4.73. The Labute approximate surface area is 146 Å².